The van der Waals surface area contributed by atoms with E-state index in [1.54, 1.807) is 62.4 Å². The number of rotatable bonds is 28. The van der Waals surface area contributed by atoms with E-state index >= 15 is 0 Å². The summed E-state index contributed by atoms with van der Waals surface area (Å²) in [6, 6.07) is 17.8. The second-order valence-corrected chi connectivity index (χ2v) is 16.7. The highest BCUT2D eigenvalue weighted by Crippen LogP contribution is 2.25. The molecule has 1 saturated heterocycles. The molecule has 3 rings (SSSR count). The van der Waals surface area contributed by atoms with Gasteiger partial charge in [-0.2, -0.15) is 0 Å². The van der Waals surface area contributed by atoms with Gasteiger partial charge < -0.3 is 71.8 Å². The topological polar surface area (TPSA) is 300 Å². The first-order valence-electron chi connectivity index (χ1n) is 22.1. The Hall–Kier alpha value is -6.98. The molecule has 23 nitrogen and oxygen atoms in total. The van der Waals surface area contributed by atoms with Crippen molar-refractivity contribution in [1.29, 1.82) is 0 Å². The molecule has 23 heteroatoms. The molecule has 2 N–H and O–H groups in total. The molecule has 0 aliphatic carbocycles. The average molecular weight is 1010 g/mol. The highest BCUT2D eigenvalue weighted by atomic mass is 16.7. The van der Waals surface area contributed by atoms with Gasteiger partial charge in [-0.15, -0.1) is 0 Å². The van der Waals surface area contributed by atoms with Crippen molar-refractivity contribution >= 4 is 48.5 Å². The number of epoxide rings is 1. The lowest BCUT2D eigenvalue weighted by Gasteiger charge is -2.27. The van der Waals surface area contributed by atoms with E-state index in [9.17, 15) is 48.6 Å². The molecular formula is C48H64O23. The second kappa shape index (κ2) is 30.6. The van der Waals surface area contributed by atoms with Crippen molar-refractivity contribution in [3.63, 3.8) is 0 Å². The fourth-order valence-corrected chi connectivity index (χ4v) is 4.99. The number of hydrogen-bond donors (Lipinski definition) is 2. The van der Waals surface area contributed by atoms with Crippen molar-refractivity contribution in [2.24, 2.45) is 21.7 Å². The molecule has 0 amide bonds. The van der Waals surface area contributed by atoms with Gasteiger partial charge in [0.05, 0.1) is 33.0 Å². The van der Waals surface area contributed by atoms with Crippen LogP contribution in [0.1, 0.15) is 52.7 Å². The quantitative estimate of drug-likeness (QED) is 0.0501. The Morgan fingerprint density at radius 2 is 0.817 bits per heavy atom. The largest absolute Gasteiger partial charge is 0.508 e. The normalized spacial score (nSPS) is 15.7. The number of carbonyl (C=O) groups excluding carboxylic acids is 8. The van der Waals surface area contributed by atoms with Gasteiger partial charge in [0.1, 0.15) is 93.8 Å². The molecule has 0 aromatic heterocycles. The lowest BCUT2D eigenvalue weighted by molar-refractivity contribution is -0.163. The molecule has 0 spiro atoms. The van der Waals surface area contributed by atoms with Crippen LogP contribution in [0.25, 0.3) is 0 Å². The van der Waals surface area contributed by atoms with E-state index < -0.39 is 123 Å². The van der Waals surface area contributed by atoms with Gasteiger partial charge in [-0.05, 0) is 52.7 Å². The zero-order valence-corrected chi connectivity index (χ0v) is 40.7. The fraction of sp³-hybridized carbons (Fsp3) is 0.542. The van der Waals surface area contributed by atoms with Crippen LogP contribution in [0.5, 0.6) is 0 Å². The molecule has 0 saturated carbocycles. The Balaban J connectivity index is 0.000000487. The van der Waals surface area contributed by atoms with Crippen LogP contribution >= 0.6 is 0 Å². The second-order valence-electron chi connectivity index (χ2n) is 16.7. The van der Waals surface area contributed by atoms with Gasteiger partial charge in [0, 0.05) is 0 Å². The van der Waals surface area contributed by atoms with Gasteiger partial charge >= 0.3 is 48.5 Å². The van der Waals surface area contributed by atoms with Gasteiger partial charge in [-0.25, -0.2) is 19.2 Å². The monoisotopic (exact) mass is 1010 g/mol. The van der Waals surface area contributed by atoms with Gasteiger partial charge in [0.15, 0.2) is 0 Å². The first-order chi connectivity index (χ1) is 33.7. The minimum absolute atomic E-state index is 0.0294. The van der Waals surface area contributed by atoms with Crippen molar-refractivity contribution in [2.45, 2.75) is 60.9 Å². The van der Waals surface area contributed by atoms with Crippen molar-refractivity contribution in [3.05, 3.63) is 84.4 Å². The molecule has 0 bridgehead atoms. The van der Waals surface area contributed by atoms with E-state index in [2.05, 4.69) is 6.58 Å². The average Bonchev–Trinajstić information content (AvgIpc) is 4.22. The van der Waals surface area contributed by atoms with Crippen molar-refractivity contribution < 1.29 is 110 Å². The molecule has 2 aromatic rings. The standard InChI is InChI=1S/C24H32O12.C24H32O11/c1-4-30-20(27)24(3,15-35-21(28)33-10-17-8-6-5-7-9-17)16-36-22(29)34-14-23(2,13-25)19(26)32-12-18-11-31-18;1-5-12-31-19(26)23(3,14-25)15-33-22(29)35-17-24(4,20(27)30-6-2)16-34-21(28)32-13-18-10-8-7-9-11-18/h5-9,18,25H,4,10-16H2,1-3H3;5,7-11,25H,1,6,12-17H2,2-4H3. The van der Waals surface area contributed by atoms with Crippen molar-refractivity contribution in [1.82, 2.24) is 0 Å². The third kappa shape index (κ3) is 22.1. The van der Waals surface area contributed by atoms with Crippen LogP contribution < -0.4 is 0 Å². The summed E-state index contributed by atoms with van der Waals surface area (Å²) in [7, 11) is 0. The predicted octanol–water partition coefficient (Wildman–Crippen LogP) is 4.79. The van der Waals surface area contributed by atoms with Crippen molar-refractivity contribution in [2.75, 3.05) is 85.9 Å². The molecule has 394 valence electrons. The number of carbonyl (C=O) groups is 8. The van der Waals surface area contributed by atoms with E-state index in [0.717, 1.165) is 11.1 Å². The SMILES string of the molecule is C=CCOC(=O)C(C)(CO)COC(=O)OCC(C)(COC(=O)OCc1ccccc1)C(=O)OCC.CCOC(=O)C(C)(COC(=O)OCc1ccccc1)COC(=O)OCC(C)(CO)C(=O)OCC1CO1. The number of hydrogen-bond acceptors (Lipinski definition) is 23. The summed E-state index contributed by atoms with van der Waals surface area (Å²) in [5.74, 6) is -3.13. The van der Waals surface area contributed by atoms with Crippen LogP contribution in [-0.4, -0.2) is 151 Å². The first-order valence-corrected chi connectivity index (χ1v) is 22.1. The van der Waals surface area contributed by atoms with Crippen LogP contribution in [0.4, 0.5) is 19.2 Å². The summed E-state index contributed by atoms with van der Waals surface area (Å²) in [6.45, 7) is 7.97. The molecule has 1 heterocycles. The van der Waals surface area contributed by atoms with Crippen LogP contribution in [0.2, 0.25) is 0 Å². The Morgan fingerprint density at radius 3 is 1.13 bits per heavy atom. The zero-order chi connectivity index (χ0) is 52.9. The molecule has 1 aliphatic heterocycles. The van der Waals surface area contributed by atoms with E-state index in [1.165, 1.54) is 33.8 Å². The summed E-state index contributed by atoms with van der Waals surface area (Å²) in [6.07, 6.45) is -3.30. The Morgan fingerprint density at radius 1 is 0.507 bits per heavy atom. The minimum Gasteiger partial charge on any atom is -0.465 e. The first kappa shape index (κ1) is 60.1. The molecule has 2 aromatic carbocycles. The molecule has 1 fully saturated rings. The van der Waals surface area contributed by atoms with Crippen LogP contribution in [0.3, 0.4) is 0 Å². The highest BCUT2D eigenvalue weighted by molar-refractivity contribution is 5.79. The summed E-state index contributed by atoms with van der Waals surface area (Å²) >= 11 is 0. The maximum absolute atomic E-state index is 12.5. The Kier molecular flexibility index (Phi) is 25.9. The summed E-state index contributed by atoms with van der Waals surface area (Å²) in [5.41, 5.74) is -4.70. The van der Waals surface area contributed by atoms with E-state index in [0.29, 0.717) is 6.61 Å². The van der Waals surface area contributed by atoms with Crippen LogP contribution in [0.15, 0.2) is 73.3 Å². The summed E-state index contributed by atoms with van der Waals surface area (Å²) in [4.78, 5) is 97.4. The van der Waals surface area contributed by atoms with Crippen molar-refractivity contribution in [3.8, 4) is 0 Å². The molecule has 71 heavy (non-hydrogen) atoms. The Bertz CT molecular complexity index is 2030. The van der Waals surface area contributed by atoms with E-state index in [4.69, 9.17) is 61.6 Å². The summed E-state index contributed by atoms with van der Waals surface area (Å²) < 4.78 is 64.9. The van der Waals surface area contributed by atoms with E-state index in [1.807, 2.05) is 12.1 Å². The van der Waals surface area contributed by atoms with Crippen LogP contribution in [0, 0.1) is 21.7 Å². The lowest BCUT2D eigenvalue weighted by Crippen LogP contribution is -2.42. The molecular weight excluding hydrogens is 945 g/mol. The fourth-order valence-electron chi connectivity index (χ4n) is 4.99. The Labute approximate surface area is 410 Å². The van der Waals surface area contributed by atoms with E-state index in [-0.39, 0.29) is 45.7 Å². The molecule has 1 aliphatic rings. The third-order valence-corrected chi connectivity index (χ3v) is 9.81. The van der Waals surface area contributed by atoms with Gasteiger partial charge in [-0.3, -0.25) is 19.2 Å². The number of aliphatic hydroxyl groups is 2. The maximum Gasteiger partial charge on any atom is 0.508 e. The van der Waals surface area contributed by atoms with Gasteiger partial charge in [0.25, 0.3) is 0 Å². The number of benzene rings is 2. The van der Waals surface area contributed by atoms with Gasteiger partial charge in [0.2, 0.25) is 0 Å². The predicted molar refractivity (Wildman–Crippen MR) is 241 cm³/mol. The number of ether oxygens (including phenoxy) is 13. The number of esters is 4. The molecule has 5 atom stereocenters. The van der Waals surface area contributed by atoms with Crippen LogP contribution in [-0.2, 0) is 94.0 Å². The third-order valence-electron chi connectivity index (χ3n) is 9.81. The smallest absolute Gasteiger partial charge is 0.465 e. The van der Waals surface area contributed by atoms with Gasteiger partial charge in [-0.1, -0.05) is 73.3 Å². The molecule has 5 unspecified atom stereocenters. The summed E-state index contributed by atoms with van der Waals surface area (Å²) in [5, 5.41) is 19.1. The number of aliphatic hydroxyl groups excluding tert-OH is 2. The minimum atomic E-state index is -1.57. The molecule has 0 radical (unpaired) electrons. The lowest BCUT2D eigenvalue weighted by atomic mass is 9.93. The zero-order valence-electron chi connectivity index (χ0n) is 40.7. The maximum atomic E-state index is 12.5. The highest BCUT2D eigenvalue weighted by Gasteiger charge is 2.42.